The lowest BCUT2D eigenvalue weighted by molar-refractivity contribution is -0.135. The maximum Gasteiger partial charge on any atom is 0.272 e. The molecule has 2 saturated heterocycles. The van der Waals surface area contributed by atoms with E-state index in [9.17, 15) is 14.4 Å². The van der Waals surface area contributed by atoms with Gasteiger partial charge in [0.25, 0.3) is 11.5 Å². The highest BCUT2D eigenvalue weighted by Crippen LogP contribution is 2.29. The molecule has 9 nitrogen and oxygen atoms in total. The third kappa shape index (κ3) is 4.61. The third-order valence-electron chi connectivity index (χ3n) is 6.63. The first-order valence-corrected chi connectivity index (χ1v) is 11.5. The van der Waals surface area contributed by atoms with Crippen LogP contribution in [0, 0.1) is 5.92 Å². The van der Waals surface area contributed by atoms with Gasteiger partial charge in [-0.2, -0.15) is 5.10 Å². The summed E-state index contributed by atoms with van der Waals surface area (Å²) in [7, 11) is 1.76. The molecule has 172 valence electrons. The van der Waals surface area contributed by atoms with Gasteiger partial charge in [-0.3, -0.25) is 19.1 Å². The molecular weight excluding hydrogens is 408 g/mol. The number of piperidine rings is 2. The number of rotatable bonds is 4. The van der Waals surface area contributed by atoms with Gasteiger partial charge < -0.3 is 14.8 Å². The zero-order valence-corrected chi connectivity index (χ0v) is 19.1. The maximum absolute atomic E-state index is 12.9. The number of carbonyl (C=O) groups is 2. The normalized spacial score (nSPS) is 20.1. The van der Waals surface area contributed by atoms with Crippen LogP contribution in [-0.2, 0) is 11.8 Å². The summed E-state index contributed by atoms with van der Waals surface area (Å²) in [5.41, 5.74) is 1.17. The lowest BCUT2D eigenvalue weighted by atomic mass is 9.92. The van der Waals surface area contributed by atoms with Crippen LogP contribution in [0.3, 0.4) is 0 Å². The van der Waals surface area contributed by atoms with Crippen LogP contribution >= 0.6 is 0 Å². The van der Waals surface area contributed by atoms with Crippen LogP contribution in [0.25, 0.3) is 0 Å². The van der Waals surface area contributed by atoms with Crippen molar-refractivity contribution in [1.29, 1.82) is 0 Å². The summed E-state index contributed by atoms with van der Waals surface area (Å²) in [5, 5.41) is 4.10. The standard InChI is InChI=1S/C23H32N6O3/c1-15(2)22(31)28-11-7-16(8-12-28)21-25-18(13-20(30)26-21)17-5-4-10-29(14-17)23(32)19-6-9-24-27(19)3/h6,9,13,15-17H,4-5,7-8,10-12,14H2,1-3H3,(H,25,26,30)/t17-/m1/s1. The lowest BCUT2D eigenvalue weighted by Crippen LogP contribution is -2.41. The zero-order valence-electron chi connectivity index (χ0n) is 19.1. The van der Waals surface area contributed by atoms with Crippen molar-refractivity contribution in [2.45, 2.75) is 51.4 Å². The second kappa shape index (κ2) is 9.26. The number of nitrogens with one attached hydrogen (secondary N) is 1. The molecule has 0 aliphatic carbocycles. The predicted octanol–water partition coefficient (Wildman–Crippen LogP) is 1.89. The fourth-order valence-electron chi connectivity index (χ4n) is 4.79. The molecule has 0 spiro atoms. The molecule has 2 aromatic heterocycles. The first kappa shape index (κ1) is 22.2. The smallest absolute Gasteiger partial charge is 0.272 e. The highest BCUT2D eigenvalue weighted by Gasteiger charge is 2.30. The van der Waals surface area contributed by atoms with Crippen molar-refractivity contribution in [2.24, 2.45) is 13.0 Å². The molecule has 0 unspecified atom stereocenters. The Morgan fingerprint density at radius 1 is 1.09 bits per heavy atom. The van der Waals surface area contributed by atoms with Crippen LogP contribution in [0.2, 0.25) is 0 Å². The van der Waals surface area contributed by atoms with Gasteiger partial charge in [0, 0.05) is 63.2 Å². The van der Waals surface area contributed by atoms with Crippen LogP contribution in [-0.4, -0.2) is 67.5 Å². The molecule has 4 rings (SSSR count). The van der Waals surface area contributed by atoms with E-state index in [0.29, 0.717) is 37.7 Å². The van der Waals surface area contributed by atoms with E-state index in [4.69, 9.17) is 4.98 Å². The maximum atomic E-state index is 12.9. The Kier molecular flexibility index (Phi) is 6.43. The van der Waals surface area contributed by atoms with Crippen molar-refractivity contribution in [3.63, 3.8) is 0 Å². The summed E-state index contributed by atoms with van der Waals surface area (Å²) < 4.78 is 1.59. The molecule has 1 N–H and O–H groups in total. The number of amides is 2. The number of hydrogen-bond donors (Lipinski definition) is 1. The average molecular weight is 441 g/mol. The molecule has 0 aromatic carbocycles. The van der Waals surface area contributed by atoms with Gasteiger partial charge >= 0.3 is 0 Å². The van der Waals surface area contributed by atoms with Crippen molar-refractivity contribution < 1.29 is 9.59 Å². The second-order valence-electron chi connectivity index (χ2n) is 9.24. The van der Waals surface area contributed by atoms with Crippen LogP contribution < -0.4 is 5.56 Å². The fourth-order valence-corrected chi connectivity index (χ4v) is 4.79. The van der Waals surface area contributed by atoms with Gasteiger partial charge in [0.2, 0.25) is 5.91 Å². The molecule has 2 fully saturated rings. The lowest BCUT2D eigenvalue weighted by Gasteiger charge is -2.34. The predicted molar refractivity (Wildman–Crippen MR) is 119 cm³/mol. The summed E-state index contributed by atoms with van der Waals surface area (Å²) >= 11 is 0. The number of aromatic amines is 1. The van der Waals surface area contributed by atoms with Gasteiger partial charge in [-0.25, -0.2) is 4.98 Å². The summed E-state index contributed by atoms with van der Waals surface area (Å²) in [6.45, 7) is 6.45. The minimum absolute atomic E-state index is 0.00360. The molecule has 2 aromatic rings. The van der Waals surface area contributed by atoms with E-state index in [1.54, 1.807) is 30.1 Å². The first-order valence-electron chi connectivity index (χ1n) is 11.5. The molecular formula is C23H32N6O3. The van der Waals surface area contributed by atoms with Crippen LogP contribution in [0.15, 0.2) is 23.1 Å². The number of carbonyl (C=O) groups excluding carboxylic acids is 2. The Hall–Kier alpha value is -2.97. The van der Waals surface area contributed by atoms with E-state index in [1.807, 2.05) is 23.6 Å². The van der Waals surface area contributed by atoms with E-state index in [2.05, 4.69) is 10.1 Å². The molecule has 9 heteroatoms. The van der Waals surface area contributed by atoms with Crippen molar-refractivity contribution in [3.05, 3.63) is 45.9 Å². The molecule has 0 radical (unpaired) electrons. The molecule has 2 aliphatic heterocycles. The number of H-pyrrole nitrogens is 1. The second-order valence-corrected chi connectivity index (χ2v) is 9.24. The fraction of sp³-hybridized carbons (Fsp3) is 0.609. The van der Waals surface area contributed by atoms with Gasteiger partial charge in [0.15, 0.2) is 0 Å². The van der Waals surface area contributed by atoms with Gasteiger partial charge in [-0.05, 0) is 31.7 Å². The van der Waals surface area contributed by atoms with E-state index >= 15 is 0 Å². The zero-order chi connectivity index (χ0) is 22.8. The molecule has 2 amide bonds. The SMILES string of the molecule is CC(C)C(=O)N1CCC(c2nc([C@@H]3CCCN(C(=O)c4ccnn4C)C3)cc(=O)[nH]2)CC1. The van der Waals surface area contributed by atoms with Crippen molar-refractivity contribution in [1.82, 2.24) is 29.5 Å². The average Bonchev–Trinajstić information content (AvgIpc) is 3.23. The minimum Gasteiger partial charge on any atom is -0.342 e. The number of likely N-dealkylation sites (tertiary alicyclic amines) is 2. The Labute approximate surface area is 187 Å². The minimum atomic E-state index is -0.152. The van der Waals surface area contributed by atoms with Gasteiger partial charge in [-0.15, -0.1) is 0 Å². The molecule has 1 atom stereocenters. The Morgan fingerprint density at radius 3 is 2.50 bits per heavy atom. The Bertz CT molecular complexity index is 1030. The highest BCUT2D eigenvalue weighted by molar-refractivity contribution is 5.92. The third-order valence-corrected chi connectivity index (χ3v) is 6.63. The Balaban J connectivity index is 1.47. The van der Waals surface area contributed by atoms with Gasteiger partial charge in [0.1, 0.15) is 11.5 Å². The Morgan fingerprint density at radius 2 is 1.84 bits per heavy atom. The summed E-state index contributed by atoms with van der Waals surface area (Å²) in [6.07, 6.45) is 4.97. The molecule has 32 heavy (non-hydrogen) atoms. The van der Waals surface area contributed by atoms with Crippen LogP contribution in [0.1, 0.15) is 73.4 Å². The molecule has 0 saturated carbocycles. The van der Waals surface area contributed by atoms with E-state index < -0.39 is 0 Å². The highest BCUT2D eigenvalue weighted by atomic mass is 16.2. The number of hydrogen-bond acceptors (Lipinski definition) is 5. The van der Waals surface area contributed by atoms with Crippen molar-refractivity contribution in [2.75, 3.05) is 26.2 Å². The molecule has 4 heterocycles. The van der Waals surface area contributed by atoms with Crippen molar-refractivity contribution in [3.8, 4) is 0 Å². The topological polar surface area (TPSA) is 104 Å². The van der Waals surface area contributed by atoms with Crippen LogP contribution in [0.5, 0.6) is 0 Å². The molecule has 0 bridgehead atoms. The number of nitrogens with zero attached hydrogens (tertiary/aromatic N) is 5. The largest absolute Gasteiger partial charge is 0.342 e. The first-order chi connectivity index (χ1) is 15.3. The summed E-state index contributed by atoms with van der Waals surface area (Å²) in [5.74, 6) is 1.01. The number of aryl methyl sites for hydroxylation is 1. The molecule has 2 aliphatic rings. The van der Waals surface area contributed by atoms with E-state index in [-0.39, 0.29) is 35.1 Å². The van der Waals surface area contributed by atoms with Crippen LogP contribution in [0.4, 0.5) is 0 Å². The monoisotopic (exact) mass is 440 g/mol. The number of aromatic nitrogens is 4. The summed E-state index contributed by atoms with van der Waals surface area (Å²) in [6, 6.07) is 3.30. The van der Waals surface area contributed by atoms with E-state index in [1.165, 1.54) is 0 Å². The van der Waals surface area contributed by atoms with E-state index in [0.717, 1.165) is 31.4 Å². The van der Waals surface area contributed by atoms with Crippen molar-refractivity contribution >= 4 is 11.8 Å². The van der Waals surface area contributed by atoms with Gasteiger partial charge in [-0.1, -0.05) is 13.8 Å². The summed E-state index contributed by atoms with van der Waals surface area (Å²) in [4.78, 5) is 49.1. The van der Waals surface area contributed by atoms with Gasteiger partial charge in [0.05, 0.1) is 5.69 Å². The quantitative estimate of drug-likeness (QED) is 0.782.